The average Bonchev–Trinajstić information content (AvgIpc) is 3.04. The van der Waals surface area contributed by atoms with Crippen LogP contribution >= 0.6 is 0 Å². The summed E-state index contributed by atoms with van der Waals surface area (Å²) in [6.07, 6.45) is 3.52. The molecule has 0 spiro atoms. The second-order valence-electron chi connectivity index (χ2n) is 9.12. The molecular weight excluding hydrogens is 460 g/mol. The van der Waals surface area contributed by atoms with Crippen LogP contribution in [0.3, 0.4) is 0 Å². The maximum absolute atomic E-state index is 12.4. The summed E-state index contributed by atoms with van der Waals surface area (Å²) >= 11 is 0. The molecule has 0 radical (unpaired) electrons. The van der Waals surface area contributed by atoms with Crippen LogP contribution in [0.25, 0.3) is 22.0 Å². The molecule has 1 aromatic carbocycles. The summed E-state index contributed by atoms with van der Waals surface area (Å²) in [5.41, 5.74) is 2.08. The van der Waals surface area contributed by atoms with Gasteiger partial charge >= 0.3 is 11.9 Å². The molecule has 2 aliphatic heterocycles. The fourth-order valence-corrected chi connectivity index (χ4v) is 4.64. The van der Waals surface area contributed by atoms with Gasteiger partial charge in [0.25, 0.3) is 0 Å². The molecule has 9 nitrogen and oxygen atoms in total. The minimum atomic E-state index is -1.07. The highest BCUT2D eigenvalue weighted by molar-refractivity contribution is 6.32. The number of hydrogen-bond donors (Lipinski definition) is 0. The molecule has 1 atom stereocenters. The molecule has 4 heterocycles. The fourth-order valence-electron chi connectivity index (χ4n) is 4.64. The summed E-state index contributed by atoms with van der Waals surface area (Å²) in [5.74, 6) is -0.849. The maximum atomic E-state index is 12.4. The molecule has 1 saturated heterocycles. The van der Waals surface area contributed by atoms with E-state index in [1.54, 1.807) is 25.4 Å². The number of carbonyl (C=O) groups is 2. The molecule has 0 saturated carbocycles. The highest BCUT2D eigenvalue weighted by Crippen LogP contribution is 2.45. The SMILES string of the molecule is CCN1CCN(c2nc(-c3ccc(CCC(C)OC)nc3)c3c4c(cccc24)OC(=O)C(=O)O3)CC1. The number of rotatable bonds is 7. The number of ether oxygens (including phenoxy) is 3. The molecule has 1 unspecified atom stereocenters. The Morgan fingerprint density at radius 1 is 1.06 bits per heavy atom. The van der Waals surface area contributed by atoms with Crippen molar-refractivity contribution in [3.8, 4) is 22.8 Å². The molecule has 36 heavy (non-hydrogen) atoms. The molecule has 2 aromatic heterocycles. The third-order valence-corrected chi connectivity index (χ3v) is 6.92. The molecule has 3 aromatic rings. The van der Waals surface area contributed by atoms with Crippen molar-refractivity contribution in [1.29, 1.82) is 0 Å². The zero-order chi connectivity index (χ0) is 25.2. The van der Waals surface area contributed by atoms with Gasteiger partial charge in [0.2, 0.25) is 0 Å². The van der Waals surface area contributed by atoms with Crippen LogP contribution in [0.1, 0.15) is 26.0 Å². The van der Waals surface area contributed by atoms with E-state index in [0.29, 0.717) is 16.6 Å². The number of hydrogen-bond acceptors (Lipinski definition) is 9. The predicted molar refractivity (Wildman–Crippen MR) is 135 cm³/mol. The molecular formula is C27H30N4O5. The van der Waals surface area contributed by atoms with E-state index in [1.165, 1.54) is 0 Å². The Hall–Kier alpha value is -3.56. The van der Waals surface area contributed by atoms with Gasteiger partial charge in [-0.05, 0) is 44.5 Å². The lowest BCUT2D eigenvalue weighted by Gasteiger charge is -2.35. The van der Waals surface area contributed by atoms with E-state index in [-0.39, 0.29) is 17.6 Å². The fraction of sp³-hybridized carbons (Fsp3) is 0.407. The number of likely N-dealkylation sites (N-methyl/N-ethyl adjacent to an activating group) is 1. The third-order valence-electron chi connectivity index (χ3n) is 6.92. The minimum Gasteiger partial charge on any atom is -0.417 e. The van der Waals surface area contributed by atoms with Crippen molar-refractivity contribution >= 4 is 28.5 Å². The predicted octanol–water partition coefficient (Wildman–Crippen LogP) is 3.23. The van der Waals surface area contributed by atoms with Crippen molar-refractivity contribution in [2.75, 3.05) is 44.7 Å². The van der Waals surface area contributed by atoms with Crippen molar-refractivity contribution in [3.05, 3.63) is 42.2 Å². The highest BCUT2D eigenvalue weighted by Gasteiger charge is 2.32. The number of carbonyl (C=O) groups excluding carboxylic acids is 2. The zero-order valence-corrected chi connectivity index (χ0v) is 20.8. The summed E-state index contributed by atoms with van der Waals surface area (Å²) in [4.78, 5) is 39.0. The van der Waals surface area contributed by atoms with Gasteiger partial charge in [-0.1, -0.05) is 19.1 Å². The first-order chi connectivity index (χ1) is 17.5. The Kier molecular flexibility index (Phi) is 6.84. The van der Waals surface area contributed by atoms with E-state index in [4.69, 9.17) is 19.2 Å². The minimum absolute atomic E-state index is 0.146. The Morgan fingerprint density at radius 3 is 2.53 bits per heavy atom. The standard InChI is InChI=1S/C27H30N4O5/c1-4-30-12-14-31(15-13-30)25-20-6-5-7-21-22(20)24(36-27(33)26(32)35-21)23(29-25)18-9-11-19(28-16-18)10-8-17(2)34-3/h5-7,9,11,16-17H,4,8,10,12-15H2,1-3H3. The topological polar surface area (TPSA) is 94.1 Å². The Balaban J connectivity index is 1.62. The summed E-state index contributed by atoms with van der Waals surface area (Å²) in [6.45, 7) is 8.67. The van der Waals surface area contributed by atoms with Crippen LogP contribution in [-0.2, 0) is 20.7 Å². The van der Waals surface area contributed by atoms with Gasteiger partial charge in [-0.3, -0.25) is 4.98 Å². The van der Waals surface area contributed by atoms with Crippen molar-refractivity contribution in [1.82, 2.24) is 14.9 Å². The van der Waals surface area contributed by atoms with Crippen molar-refractivity contribution < 1.29 is 23.8 Å². The monoisotopic (exact) mass is 490 g/mol. The third kappa shape index (κ3) is 4.64. The first kappa shape index (κ1) is 24.1. The van der Waals surface area contributed by atoms with Crippen LogP contribution in [0, 0.1) is 0 Å². The van der Waals surface area contributed by atoms with Gasteiger partial charge in [0.05, 0.1) is 11.5 Å². The van der Waals surface area contributed by atoms with Gasteiger partial charge in [-0.15, -0.1) is 0 Å². The van der Waals surface area contributed by atoms with Crippen LogP contribution in [0.2, 0.25) is 0 Å². The summed E-state index contributed by atoms with van der Waals surface area (Å²) in [6, 6.07) is 9.27. The normalized spacial score (nSPS) is 17.0. The van der Waals surface area contributed by atoms with E-state index in [2.05, 4.69) is 21.7 Å². The van der Waals surface area contributed by atoms with Gasteiger partial charge in [-0.25, -0.2) is 14.6 Å². The molecule has 2 aliphatic rings. The smallest absolute Gasteiger partial charge is 0.417 e. The first-order valence-electron chi connectivity index (χ1n) is 12.3. The van der Waals surface area contributed by atoms with Crippen molar-refractivity contribution in [2.24, 2.45) is 0 Å². The van der Waals surface area contributed by atoms with Gasteiger partial charge < -0.3 is 24.0 Å². The van der Waals surface area contributed by atoms with E-state index >= 15 is 0 Å². The first-order valence-corrected chi connectivity index (χ1v) is 12.3. The molecule has 5 rings (SSSR count). The van der Waals surface area contributed by atoms with Crippen molar-refractivity contribution in [3.63, 3.8) is 0 Å². The lowest BCUT2D eigenvalue weighted by molar-refractivity contribution is -0.155. The second kappa shape index (κ2) is 10.2. The summed E-state index contributed by atoms with van der Waals surface area (Å²) in [7, 11) is 1.70. The number of benzene rings is 1. The summed E-state index contributed by atoms with van der Waals surface area (Å²) in [5, 5.41) is 1.34. The largest absolute Gasteiger partial charge is 0.423 e. The van der Waals surface area contributed by atoms with Crippen LogP contribution in [0.5, 0.6) is 11.5 Å². The molecule has 0 bridgehead atoms. The van der Waals surface area contributed by atoms with E-state index in [0.717, 1.165) is 62.5 Å². The quantitative estimate of drug-likeness (QED) is 0.281. The maximum Gasteiger partial charge on any atom is 0.423 e. The molecule has 9 heteroatoms. The number of esters is 2. The lowest BCUT2D eigenvalue weighted by atomic mass is 10.0. The Morgan fingerprint density at radius 2 is 1.83 bits per heavy atom. The highest BCUT2D eigenvalue weighted by atomic mass is 16.6. The number of aromatic nitrogens is 2. The van der Waals surface area contributed by atoms with Gasteiger partial charge in [0.1, 0.15) is 17.3 Å². The van der Waals surface area contributed by atoms with Gasteiger partial charge in [0, 0.05) is 56.1 Å². The van der Waals surface area contributed by atoms with Crippen molar-refractivity contribution in [2.45, 2.75) is 32.8 Å². The Bertz CT molecular complexity index is 1290. The summed E-state index contributed by atoms with van der Waals surface area (Å²) < 4.78 is 16.3. The molecule has 1 fully saturated rings. The van der Waals surface area contributed by atoms with Gasteiger partial charge in [0.15, 0.2) is 5.75 Å². The van der Waals surface area contributed by atoms with Crippen LogP contribution in [0.15, 0.2) is 36.5 Å². The van der Waals surface area contributed by atoms with Crippen LogP contribution in [-0.4, -0.2) is 72.7 Å². The number of nitrogens with zero attached hydrogens (tertiary/aromatic N) is 4. The average molecular weight is 491 g/mol. The Labute approximate surface area is 210 Å². The van der Waals surface area contributed by atoms with E-state index in [9.17, 15) is 9.59 Å². The van der Waals surface area contributed by atoms with Crippen LogP contribution < -0.4 is 14.4 Å². The van der Waals surface area contributed by atoms with E-state index < -0.39 is 11.9 Å². The zero-order valence-electron chi connectivity index (χ0n) is 20.8. The molecule has 0 amide bonds. The number of methoxy groups -OCH3 is 1. The molecule has 0 N–H and O–H groups in total. The molecule has 188 valence electrons. The lowest BCUT2D eigenvalue weighted by Crippen LogP contribution is -2.46. The molecule has 0 aliphatic carbocycles. The van der Waals surface area contributed by atoms with Gasteiger partial charge in [-0.2, -0.15) is 0 Å². The second-order valence-corrected chi connectivity index (χ2v) is 9.12. The number of anilines is 1. The van der Waals surface area contributed by atoms with Crippen LogP contribution in [0.4, 0.5) is 5.82 Å². The number of piperazine rings is 1. The number of aryl methyl sites for hydroxylation is 1. The number of pyridine rings is 2. The van der Waals surface area contributed by atoms with E-state index in [1.807, 2.05) is 25.1 Å².